The maximum Gasteiger partial charge on any atom is 0.414 e. The van der Waals surface area contributed by atoms with Crippen LogP contribution in [-0.2, 0) is 4.74 Å². The molecule has 1 aromatic rings. The van der Waals surface area contributed by atoms with Gasteiger partial charge in [0, 0.05) is 17.8 Å². The second kappa shape index (κ2) is 3.56. The smallest absolute Gasteiger partial charge is 0.414 e. The van der Waals surface area contributed by atoms with E-state index in [2.05, 4.69) is 0 Å². The molecule has 0 saturated carbocycles. The maximum absolute atomic E-state index is 11.2. The molecule has 0 atom stereocenters. The highest BCUT2D eigenvalue weighted by Gasteiger charge is 2.23. The highest BCUT2D eigenvalue weighted by molar-refractivity contribution is 5.89. The molecule has 0 spiro atoms. The average Bonchev–Trinajstić information content (AvgIpc) is 2.65. The molecular formula is C9H8N2O4. The van der Waals surface area contributed by atoms with Gasteiger partial charge in [0.15, 0.2) is 0 Å². The van der Waals surface area contributed by atoms with Crippen molar-refractivity contribution in [1.29, 1.82) is 0 Å². The molecule has 6 heteroatoms. The number of hydrogen-bond donors (Lipinski definition) is 0. The van der Waals surface area contributed by atoms with Crippen LogP contribution in [0.25, 0.3) is 0 Å². The summed E-state index contributed by atoms with van der Waals surface area (Å²) >= 11 is 0. The number of rotatable bonds is 2. The van der Waals surface area contributed by atoms with Crippen LogP contribution in [0.5, 0.6) is 0 Å². The number of hydrogen-bond acceptors (Lipinski definition) is 4. The van der Waals surface area contributed by atoms with Gasteiger partial charge < -0.3 is 4.74 Å². The summed E-state index contributed by atoms with van der Waals surface area (Å²) in [6.07, 6.45) is -0.413. The van der Waals surface area contributed by atoms with E-state index < -0.39 is 11.0 Å². The van der Waals surface area contributed by atoms with Gasteiger partial charge >= 0.3 is 6.09 Å². The van der Waals surface area contributed by atoms with Gasteiger partial charge in [0.1, 0.15) is 6.61 Å². The molecule has 0 aromatic heterocycles. The molecular weight excluding hydrogens is 200 g/mol. The van der Waals surface area contributed by atoms with Gasteiger partial charge in [0.05, 0.1) is 11.5 Å². The number of amides is 1. The monoisotopic (exact) mass is 208 g/mol. The largest absolute Gasteiger partial charge is 0.447 e. The minimum absolute atomic E-state index is 0.00585. The zero-order valence-corrected chi connectivity index (χ0v) is 7.75. The average molecular weight is 208 g/mol. The number of anilines is 1. The Kier molecular flexibility index (Phi) is 2.24. The van der Waals surface area contributed by atoms with Crippen LogP contribution < -0.4 is 4.90 Å². The lowest BCUT2D eigenvalue weighted by Crippen LogP contribution is -2.23. The van der Waals surface area contributed by atoms with E-state index in [0.29, 0.717) is 18.8 Å². The van der Waals surface area contributed by atoms with Crippen molar-refractivity contribution in [3.05, 3.63) is 34.4 Å². The number of carbonyl (C=O) groups excluding carboxylic acids is 1. The van der Waals surface area contributed by atoms with Crippen LogP contribution in [-0.4, -0.2) is 24.2 Å². The summed E-state index contributed by atoms with van der Waals surface area (Å²) < 4.78 is 4.75. The molecule has 1 aliphatic rings. The molecule has 0 N–H and O–H groups in total. The Morgan fingerprint density at radius 1 is 1.33 bits per heavy atom. The van der Waals surface area contributed by atoms with Gasteiger partial charge in [-0.15, -0.1) is 0 Å². The van der Waals surface area contributed by atoms with E-state index in [9.17, 15) is 14.9 Å². The molecule has 0 bridgehead atoms. The van der Waals surface area contributed by atoms with Crippen LogP contribution in [0.1, 0.15) is 0 Å². The molecule has 1 aromatic carbocycles. The van der Waals surface area contributed by atoms with Crippen molar-refractivity contribution in [3.8, 4) is 0 Å². The minimum Gasteiger partial charge on any atom is -0.447 e. The third-order valence-electron chi connectivity index (χ3n) is 2.13. The van der Waals surface area contributed by atoms with Crippen LogP contribution in [0.2, 0.25) is 0 Å². The number of non-ortho nitro benzene ring substituents is 1. The lowest BCUT2D eigenvalue weighted by atomic mass is 10.2. The van der Waals surface area contributed by atoms with Gasteiger partial charge in [-0.25, -0.2) is 4.79 Å². The summed E-state index contributed by atoms with van der Waals surface area (Å²) in [4.78, 5) is 22.5. The third kappa shape index (κ3) is 1.74. The first-order valence-corrected chi connectivity index (χ1v) is 4.37. The second-order valence-corrected chi connectivity index (χ2v) is 3.04. The minimum atomic E-state index is -0.480. The number of cyclic esters (lactones) is 1. The van der Waals surface area contributed by atoms with Crippen molar-refractivity contribution >= 4 is 17.5 Å². The van der Waals surface area contributed by atoms with Crippen LogP contribution in [0, 0.1) is 10.1 Å². The maximum atomic E-state index is 11.2. The summed E-state index contributed by atoms with van der Waals surface area (Å²) in [5, 5.41) is 10.4. The standard InChI is InChI=1S/C9H8N2O4/c12-9-10(5-6-15-9)7-1-3-8(4-2-7)11(13)14/h1-4H,5-6H2. The van der Waals surface area contributed by atoms with Crippen LogP contribution in [0.4, 0.5) is 16.2 Å². The summed E-state index contributed by atoms with van der Waals surface area (Å²) in [5.74, 6) is 0. The van der Waals surface area contributed by atoms with Gasteiger partial charge in [-0.1, -0.05) is 0 Å². The fraction of sp³-hybridized carbons (Fsp3) is 0.222. The van der Waals surface area contributed by atoms with Crippen molar-refractivity contribution in [2.75, 3.05) is 18.1 Å². The number of nitrogens with zero attached hydrogens (tertiary/aromatic N) is 2. The Morgan fingerprint density at radius 2 is 2.00 bits per heavy atom. The van der Waals surface area contributed by atoms with Crippen LogP contribution in [0.3, 0.4) is 0 Å². The number of carbonyl (C=O) groups is 1. The third-order valence-corrected chi connectivity index (χ3v) is 2.13. The molecule has 0 unspecified atom stereocenters. The highest BCUT2D eigenvalue weighted by Crippen LogP contribution is 2.21. The van der Waals surface area contributed by atoms with Crippen molar-refractivity contribution in [2.24, 2.45) is 0 Å². The van der Waals surface area contributed by atoms with E-state index in [1.54, 1.807) is 0 Å². The Hall–Kier alpha value is -2.11. The first kappa shape index (κ1) is 9.45. The van der Waals surface area contributed by atoms with E-state index in [0.717, 1.165) is 0 Å². The molecule has 1 aliphatic heterocycles. The lowest BCUT2D eigenvalue weighted by Gasteiger charge is -2.11. The molecule has 2 rings (SSSR count). The van der Waals surface area contributed by atoms with Crippen molar-refractivity contribution in [1.82, 2.24) is 0 Å². The Labute approximate surface area is 85.2 Å². The summed E-state index contributed by atoms with van der Waals surface area (Å²) in [6.45, 7) is 0.840. The molecule has 0 aliphatic carbocycles. The van der Waals surface area contributed by atoms with Crippen LogP contribution in [0.15, 0.2) is 24.3 Å². The van der Waals surface area contributed by atoms with E-state index in [1.165, 1.54) is 29.2 Å². The van der Waals surface area contributed by atoms with Crippen molar-refractivity contribution < 1.29 is 14.5 Å². The Bertz CT molecular complexity index is 401. The molecule has 1 saturated heterocycles. The molecule has 78 valence electrons. The number of nitro benzene ring substituents is 1. The molecule has 15 heavy (non-hydrogen) atoms. The van der Waals surface area contributed by atoms with Crippen molar-refractivity contribution in [2.45, 2.75) is 0 Å². The van der Waals surface area contributed by atoms with E-state index in [1.807, 2.05) is 0 Å². The summed E-state index contributed by atoms with van der Waals surface area (Å²) in [7, 11) is 0. The number of benzene rings is 1. The van der Waals surface area contributed by atoms with E-state index >= 15 is 0 Å². The predicted octanol–water partition coefficient (Wildman–Crippen LogP) is 1.55. The number of ether oxygens (including phenoxy) is 1. The van der Waals surface area contributed by atoms with Crippen molar-refractivity contribution in [3.63, 3.8) is 0 Å². The van der Waals surface area contributed by atoms with Gasteiger partial charge in [0.25, 0.3) is 5.69 Å². The van der Waals surface area contributed by atoms with Crippen LogP contribution >= 0.6 is 0 Å². The lowest BCUT2D eigenvalue weighted by molar-refractivity contribution is -0.384. The SMILES string of the molecule is O=C1OCCN1c1ccc([N+](=O)[O-])cc1. The Morgan fingerprint density at radius 3 is 2.47 bits per heavy atom. The van der Waals surface area contributed by atoms with E-state index in [4.69, 9.17) is 4.74 Å². The zero-order valence-electron chi connectivity index (χ0n) is 7.75. The molecule has 6 nitrogen and oxygen atoms in total. The molecule has 1 heterocycles. The normalized spacial score (nSPS) is 15.2. The van der Waals surface area contributed by atoms with Gasteiger partial charge in [-0.2, -0.15) is 0 Å². The topological polar surface area (TPSA) is 72.7 Å². The fourth-order valence-electron chi connectivity index (χ4n) is 1.38. The molecule has 1 fully saturated rings. The van der Waals surface area contributed by atoms with E-state index in [-0.39, 0.29) is 5.69 Å². The summed E-state index contributed by atoms with van der Waals surface area (Å²) in [5.41, 5.74) is 0.620. The van der Waals surface area contributed by atoms with Gasteiger partial charge in [-0.05, 0) is 12.1 Å². The number of nitro groups is 1. The predicted molar refractivity (Wildman–Crippen MR) is 51.8 cm³/mol. The first-order valence-electron chi connectivity index (χ1n) is 4.37. The fourth-order valence-corrected chi connectivity index (χ4v) is 1.38. The zero-order chi connectivity index (χ0) is 10.8. The highest BCUT2D eigenvalue weighted by atomic mass is 16.6. The molecule has 0 radical (unpaired) electrons. The first-order chi connectivity index (χ1) is 7.18. The summed E-state index contributed by atoms with van der Waals surface area (Å²) in [6, 6.07) is 5.79. The van der Waals surface area contributed by atoms with Gasteiger partial charge in [0.2, 0.25) is 0 Å². The Balaban J connectivity index is 2.23. The van der Waals surface area contributed by atoms with Gasteiger partial charge in [-0.3, -0.25) is 15.0 Å². The second-order valence-electron chi connectivity index (χ2n) is 3.04. The quantitative estimate of drug-likeness (QED) is 0.546. The molecule has 1 amide bonds.